The van der Waals surface area contributed by atoms with E-state index in [4.69, 9.17) is 0 Å². The molecule has 1 unspecified atom stereocenters. The van der Waals surface area contributed by atoms with E-state index in [0.717, 1.165) is 5.56 Å². The molecule has 0 N–H and O–H groups in total. The fourth-order valence-electron chi connectivity index (χ4n) is 2.31. The first-order valence-corrected chi connectivity index (χ1v) is 7.17. The summed E-state index contributed by atoms with van der Waals surface area (Å²) in [5.41, 5.74) is 2.22. The van der Waals surface area contributed by atoms with Gasteiger partial charge in [-0.15, -0.1) is 5.10 Å². The summed E-state index contributed by atoms with van der Waals surface area (Å²) in [7, 11) is 0. The summed E-state index contributed by atoms with van der Waals surface area (Å²) in [6, 6.07) is 23.8. The molecule has 23 heavy (non-hydrogen) atoms. The summed E-state index contributed by atoms with van der Waals surface area (Å²) in [6.07, 6.45) is 0. The highest BCUT2D eigenvalue weighted by atomic mass is 16.1. The van der Waals surface area contributed by atoms with E-state index < -0.39 is 5.92 Å². The molecule has 3 aromatic rings. The van der Waals surface area contributed by atoms with Crippen molar-refractivity contribution in [3.05, 3.63) is 95.3 Å². The highest BCUT2D eigenvalue weighted by Gasteiger charge is 2.17. The Morgan fingerprint density at radius 1 is 0.870 bits per heavy atom. The van der Waals surface area contributed by atoms with Crippen molar-refractivity contribution in [1.82, 2.24) is 10.2 Å². The van der Waals surface area contributed by atoms with Crippen molar-refractivity contribution < 1.29 is 4.79 Å². The van der Waals surface area contributed by atoms with Crippen LogP contribution in [0, 0.1) is 11.3 Å². The van der Waals surface area contributed by atoms with Crippen molar-refractivity contribution in [2.24, 2.45) is 0 Å². The van der Waals surface area contributed by atoms with Crippen molar-refractivity contribution in [2.45, 2.75) is 5.92 Å². The molecule has 0 saturated heterocycles. The predicted octanol–water partition coefficient (Wildman–Crippen LogP) is 3.36. The molecule has 2 aromatic carbocycles. The normalized spacial score (nSPS) is 11.4. The van der Waals surface area contributed by atoms with Crippen molar-refractivity contribution in [3.8, 4) is 6.07 Å². The summed E-state index contributed by atoms with van der Waals surface area (Å²) in [5, 5.41) is 17.5. The molecule has 4 heteroatoms. The minimum Gasteiger partial charge on any atom is -0.287 e. The third-order valence-electron chi connectivity index (χ3n) is 3.51. The Morgan fingerprint density at radius 2 is 1.52 bits per heavy atom. The summed E-state index contributed by atoms with van der Waals surface area (Å²) < 4.78 is 0. The highest BCUT2D eigenvalue weighted by molar-refractivity contribution is 6.07. The maximum atomic E-state index is 12.3. The number of carbonyl (C=O) groups excluding carboxylic acids is 1. The first kappa shape index (κ1) is 14.6. The Bertz CT molecular complexity index is 837. The lowest BCUT2D eigenvalue weighted by atomic mass is 9.97. The molecule has 0 radical (unpaired) electrons. The lowest BCUT2D eigenvalue weighted by Gasteiger charge is -2.08. The molecular weight excluding hydrogens is 286 g/mol. The molecule has 4 nitrogen and oxygen atoms in total. The zero-order valence-electron chi connectivity index (χ0n) is 12.3. The average Bonchev–Trinajstić information content (AvgIpc) is 2.64. The Kier molecular flexibility index (Phi) is 4.21. The third-order valence-corrected chi connectivity index (χ3v) is 3.51. The lowest BCUT2D eigenvalue weighted by molar-refractivity contribution is 0.103. The maximum Gasteiger partial charge on any atom is 0.213 e. The molecule has 110 valence electrons. The number of aromatic nitrogens is 2. The van der Waals surface area contributed by atoms with E-state index in [1.165, 1.54) is 0 Å². The van der Waals surface area contributed by atoms with E-state index in [9.17, 15) is 10.1 Å². The molecule has 1 heterocycles. The monoisotopic (exact) mass is 299 g/mol. The van der Waals surface area contributed by atoms with Gasteiger partial charge < -0.3 is 0 Å². The van der Waals surface area contributed by atoms with Gasteiger partial charge in [-0.25, -0.2) is 0 Å². The molecule has 0 spiro atoms. The van der Waals surface area contributed by atoms with Crippen LogP contribution in [0.5, 0.6) is 0 Å². The van der Waals surface area contributed by atoms with Crippen LogP contribution >= 0.6 is 0 Å². The molecule has 1 atom stereocenters. The number of hydrogen-bond donors (Lipinski definition) is 0. The first-order valence-electron chi connectivity index (χ1n) is 7.17. The largest absolute Gasteiger partial charge is 0.287 e. The van der Waals surface area contributed by atoms with Crippen molar-refractivity contribution in [2.75, 3.05) is 0 Å². The Balaban J connectivity index is 1.88. The van der Waals surface area contributed by atoms with Crippen LogP contribution in [0.2, 0.25) is 0 Å². The first-order chi connectivity index (χ1) is 11.3. The van der Waals surface area contributed by atoms with Gasteiger partial charge in [0.25, 0.3) is 0 Å². The van der Waals surface area contributed by atoms with Gasteiger partial charge in [0.2, 0.25) is 5.78 Å². The minimum atomic E-state index is -0.496. The highest BCUT2D eigenvalue weighted by Crippen LogP contribution is 2.21. The van der Waals surface area contributed by atoms with Gasteiger partial charge in [-0.2, -0.15) is 10.4 Å². The number of carbonyl (C=O) groups is 1. The number of ketones is 1. The van der Waals surface area contributed by atoms with Gasteiger partial charge in [0.1, 0.15) is 11.6 Å². The SMILES string of the molecule is N#CC(c1ccccc1)c1ccc(C(=O)c2ccccc2)nn1. The van der Waals surface area contributed by atoms with Crippen LogP contribution < -0.4 is 0 Å². The molecule has 0 saturated carbocycles. The van der Waals surface area contributed by atoms with Gasteiger partial charge >= 0.3 is 0 Å². The van der Waals surface area contributed by atoms with E-state index in [1.54, 1.807) is 36.4 Å². The van der Waals surface area contributed by atoms with Crippen molar-refractivity contribution in [1.29, 1.82) is 5.26 Å². The van der Waals surface area contributed by atoms with E-state index in [1.807, 2.05) is 36.4 Å². The summed E-state index contributed by atoms with van der Waals surface area (Å²) >= 11 is 0. The van der Waals surface area contributed by atoms with Crippen LogP contribution in [0.3, 0.4) is 0 Å². The quantitative estimate of drug-likeness (QED) is 0.693. The van der Waals surface area contributed by atoms with Crippen LogP contribution in [0.15, 0.2) is 72.8 Å². The summed E-state index contributed by atoms with van der Waals surface area (Å²) in [5.74, 6) is -0.678. The van der Waals surface area contributed by atoms with Crippen molar-refractivity contribution >= 4 is 5.78 Å². The van der Waals surface area contributed by atoms with E-state index in [0.29, 0.717) is 11.3 Å². The standard InChI is InChI=1S/C19H13N3O/c20-13-16(14-7-3-1-4-8-14)17-11-12-18(22-21-17)19(23)15-9-5-2-6-10-15/h1-12,16H. The second kappa shape index (κ2) is 6.63. The van der Waals surface area contributed by atoms with Crippen LogP contribution in [0.4, 0.5) is 0 Å². The van der Waals surface area contributed by atoms with Gasteiger partial charge in [0.05, 0.1) is 11.8 Å². The van der Waals surface area contributed by atoms with Crippen LogP contribution in [-0.2, 0) is 0 Å². The predicted molar refractivity (Wildman–Crippen MR) is 85.8 cm³/mol. The third kappa shape index (κ3) is 3.14. The molecular formula is C19H13N3O. The Labute approximate surface area is 134 Å². The molecule has 0 aliphatic carbocycles. The van der Waals surface area contributed by atoms with E-state index in [-0.39, 0.29) is 11.5 Å². The van der Waals surface area contributed by atoms with Gasteiger partial charge in [-0.3, -0.25) is 4.79 Å². The second-order valence-corrected chi connectivity index (χ2v) is 5.01. The molecule has 3 rings (SSSR count). The molecule has 0 aliphatic heterocycles. The van der Waals surface area contributed by atoms with Crippen LogP contribution in [-0.4, -0.2) is 16.0 Å². The lowest BCUT2D eigenvalue weighted by Crippen LogP contribution is -2.08. The molecule has 1 aromatic heterocycles. The summed E-state index contributed by atoms with van der Waals surface area (Å²) in [6.45, 7) is 0. The molecule has 0 aliphatic rings. The van der Waals surface area contributed by atoms with E-state index in [2.05, 4.69) is 16.3 Å². The number of benzene rings is 2. The minimum absolute atomic E-state index is 0.183. The van der Waals surface area contributed by atoms with Gasteiger partial charge in [-0.1, -0.05) is 60.7 Å². The van der Waals surface area contributed by atoms with Crippen LogP contribution in [0.1, 0.15) is 33.2 Å². The molecule has 0 amide bonds. The Hall–Kier alpha value is -3.32. The number of rotatable bonds is 4. The number of nitriles is 1. The second-order valence-electron chi connectivity index (χ2n) is 5.01. The number of hydrogen-bond acceptors (Lipinski definition) is 4. The van der Waals surface area contributed by atoms with Gasteiger partial charge in [-0.05, 0) is 17.7 Å². The fraction of sp³-hybridized carbons (Fsp3) is 0.0526. The zero-order chi connectivity index (χ0) is 16.1. The molecule has 0 bridgehead atoms. The smallest absolute Gasteiger partial charge is 0.213 e. The topological polar surface area (TPSA) is 66.6 Å². The summed E-state index contributed by atoms with van der Waals surface area (Å²) in [4.78, 5) is 12.3. The average molecular weight is 299 g/mol. The molecule has 0 fully saturated rings. The fourth-order valence-corrected chi connectivity index (χ4v) is 2.31. The van der Waals surface area contributed by atoms with Crippen LogP contribution in [0.25, 0.3) is 0 Å². The van der Waals surface area contributed by atoms with Gasteiger partial charge in [0.15, 0.2) is 0 Å². The van der Waals surface area contributed by atoms with Crippen molar-refractivity contribution in [3.63, 3.8) is 0 Å². The van der Waals surface area contributed by atoms with E-state index >= 15 is 0 Å². The number of nitrogens with zero attached hydrogens (tertiary/aromatic N) is 3. The maximum absolute atomic E-state index is 12.3. The Morgan fingerprint density at radius 3 is 2.09 bits per heavy atom. The van der Waals surface area contributed by atoms with Gasteiger partial charge in [0, 0.05) is 5.56 Å². The zero-order valence-corrected chi connectivity index (χ0v) is 12.3.